The van der Waals surface area contributed by atoms with E-state index >= 15 is 0 Å². The van der Waals surface area contributed by atoms with E-state index in [1.54, 1.807) is 0 Å². The van der Waals surface area contributed by atoms with Gasteiger partial charge in [-0.15, -0.1) is 0 Å². The lowest BCUT2D eigenvalue weighted by molar-refractivity contribution is 0.0599. The first kappa shape index (κ1) is 12.9. The Labute approximate surface area is 132 Å². The van der Waals surface area contributed by atoms with Gasteiger partial charge in [-0.1, -0.05) is 60.7 Å². The fourth-order valence-electron chi connectivity index (χ4n) is 6.07. The molecule has 2 aromatic carbocycles. The number of aliphatic hydroxyl groups is 1. The van der Waals surface area contributed by atoms with Gasteiger partial charge in [0.25, 0.3) is 0 Å². The van der Waals surface area contributed by atoms with Crippen LogP contribution >= 0.6 is 0 Å². The number of fused-ring (bicyclic) bond motifs is 1. The second-order valence-corrected chi connectivity index (χ2v) is 7.50. The van der Waals surface area contributed by atoms with Gasteiger partial charge in [0.2, 0.25) is 0 Å². The number of hydrogen-bond donors (Lipinski definition) is 1. The smallest absolute Gasteiger partial charge is 0.0605 e. The minimum Gasteiger partial charge on any atom is -0.393 e. The van der Waals surface area contributed by atoms with Crippen LogP contribution in [0, 0.1) is 23.7 Å². The Bertz CT molecular complexity index is 665. The molecule has 7 atom stereocenters. The summed E-state index contributed by atoms with van der Waals surface area (Å²) in [6.07, 6.45) is 2.40. The van der Waals surface area contributed by atoms with Crippen LogP contribution in [-0.4, -0.2) is 11.2 Å². The van der Waals surface area contributed by atoms with Gasteiger partial charge in [-0.05, 0) is 59.5 Å². The van der Waals surface area contributed by atoms with E-state index in [1.165, 1.54) is 24.0 Å². The minimum absolute atomic E-state index is 0.0832. The van der Waals surface area contributed by atoms with Gasteiger partial charge in [0, 0.05) is 0 Å². The monoisotopic (exact) mass is 290 g/mol. The number of aliphatic hydroxyl groups excluding tert-OH is 1. The summed E-state index contributed by atoms with van der Waals surface area (Å²) >= 11 is 0. The maximum absolute atomic E-state index is 10.8. The van der Waals surface area contributed by atoms with Crippen LogP contribution in [-0.2, 0) is 0 Å². The summed E-state index contributed by atoms with van der Waals surface area (Å²) in [5.41, 5.74) is 2.90. The van der Waals surface area contributed by atoms with Crippen molar-refractivity contribution in [1.29, 1.82) is 0 Å². The highest BCUT2D eigenvalue weighted by molar-refractivity contribution is 5.36. The molecule has 2 aromatic rings. The zero-order valence-electron chi connectivity index (χ0n) is 12.7. The predicted octanol–water partition coefficient (Wildman–Crippen LogP) is 4.20. The summed E-state index contributed by atoms with van der Waals surface area (Å²) in [6, 6.07) is 22.0. The van der Waals surface area contributed by atoms with Crippen LogP contribution in [0.5, 0.6) is 0 Å². The minimum atomic E-state index is -0.0832. The van der Waals surface area contributed by atoms with Crippen LogP contribution in [0.25, 0.3) is 0 Å². The lowest BCUT2D eigenvalue weighted by atomic mass is 9.78. The van der Waals surface area contributed by atoms with Crippen LogP contribution in [0.1, 0.15) is 35.8 Å². The average Bonchev–Trinajstić information content (AvgIpc) is 3.18. The molecule has 3 fully saturated rings. The molecule has 0 radical (unpaired) electrons. The molecule has 112 valence electrons. The van der Waals surface area contributed by atoms with Crippen LogP contribution in [0.15, 0.2) is 60.7 Å². The lowest BCUT2D eigenvalue weighted by Gasteiger charge is -2.27. The molecular weight excluding hydrogens is 268 g/mol. The van der Waals surface area contributed by atoms with Gasteiger partial charge in [-0.25, -0.2) is 0 Å². The second kappa shape index (κ2) is 4.70. The van der Waals surface area contributed by atoms with Crippen LogP contribution in [0.3, 0.4) is 0 Å². The summed E-state index contributed by atoms with van der Waals surface area (Å²) in [6.45, 7) is 0. The summed E-state index contributed by atoms with van der Waals surface area (Å²) in [5.74, 6) is 3.60. The first-order valence-electron chi connectivity index (χ1n) is 8.62. The molecule has 0 aromatic heterocycles. The molecule has 0 heterocycles. The van der Waals surface area contributed by atoms with Crippen molar-refractivity contribution in [2.24, 2.45) is 23.7 Å². The van der Waals surface area contributed by atoms with E-state index in [4.69, 9.17) is 0 Å². The number of rotatable bonds is 2. The molecule has 5 rings (SSSR count). The molecule has 3 saturated carbocycles. The van der Waals surface area contributed by atoms with Crippen molar-refractivity contribution < 1.29 is 5.11 Å². The molecule has 1 nitrogen and oxygen atoms in total. The number of hydrogen-bond acceptors (Lipinski definition) is 1. The molecule has 3 aliphatic rings. The van der Waals surface area contributed by atoms with E-state index in [0.29, 0.717) is 23.7 Å². The SMILES string of the molecule is O[C@@H]1[C@H]2C[C@@H]3[C@@H](C2)[C@H]1[C@H](c1ccccc1)[C@@H]3c1ccccc1. The Morgan fingerprint density at radius 3 is 1.82 bits per heavy atom. The fraction of sp³-hybridized carbons (Fsp3) is 0.429. The standard InChI is InChI=1S/C21H22O/c22-21-15-11-16-17(12-15)20(21)19(14-9-5-2-6-10-14)18(16)13-7-3-1-4-8-13/h1-10,15-22H,11-12H2/t15-,16+,17+,18+,19+,20-,21+/m0/s1. The average molecular weight is 290 g/mol. The highest BCUT2D eigenvalue weighted by Crippen LogP contribution is 2.69. The third kappa shape index (κ3) is 1.63. The van der Waals surface area contributed by atoms with Crippen molar-refractivity contribution in [3.05, 3.63) is 71.8 Å². The summed E-state index contributed by atoms with van der Waals surface area (Å²) in [7, 11) is 0. The first-order valence-corrected chi connectivity index (χ1v) is 8.62. The molecule has 0 spiro atoms. The van der Waals surface area contributed by atoms with Crippen molar-refractivity contribution in [3.63, 3.8) is 0 Å². The quantitative estimate of drug-likeness (QED) is 0.879. The Hall–Kier alpha value is -1.60. The summed E-state index contributed by atoms with van der Waals surface area (Å²) in [5, 5.41) is 10.8. The Kier molecular flexibility index (Phi) is 2.75. The van der Waals surface area contributed by atoms with E-state index in [-0.39, 0.29) is 6.10 Å². The van der Waals surface area contributed by atoms with Gasteiger partial charge >= 0.3 is 0 Å². The van der Waals surface area contributed by atoms with Gasteiger partial charge in [-0.3, -0.25) is 0 Å². The molecule has 22 heavy (non-hydrogen) atoms. The van der Waals surface area contributed by atoms with E-state index in [0.717, 1.165) is 11.8 Å². The molecule has 0 saturated heterocycles. The first-order chi connectivity index (χ1) is 10.8. The van der Waals surface area contributed by atoms with E-state index in [2.05, 4.69) is 60.7 Å². The molecule has 0 aliphatic heterocycles. The lowest BCUT2D eigenvalue weighted by Crippen LogP contribution is -2.28. The van der Waals surface area contributed by atoms with Crippen molar-refractivity contribution in [2.75, 3.05) is 0 Å². The predicted molar refractivity (Wildman–Crippen MR) is 87.6 cm³/mol. The van der Waals surface area contributed by atoms with Gasteiger partial charge in [0.05, 0.1) is 6.10 Å². The molecule has 3 aliphatic carbocycles. The largest absolute Gasteiger partial charge is 0.393 e. The third-order valence-corrected chi connectivity index (χ3v) is 6.70. The molecule has 2 bridgehead atoms. The maximum atomic E-state index is 10.8. The van der Waals surface area contributed by atoms with Gasteiger partial charge in [0.1, 0.15) is 0 Å². The van der Waals surface area contributed by atoms with Crippen molar-refractivity contribution >= 4 is 0 Å². The van der Waals surface area contributed by atoms with Crippen LogP contribution in [0.4, 0.5) is 0 Å². The molecule has 1 heteroatoms. The fourth-order valence-corrected chi connectivity index (χ4v) is 6.07. The van der Waals surface area contributed by atoms with Crippen molar-refractivity contribution in [2.45, 2.75) is 30.8 Å². The summed E-state index contributed by atoms with van der Waals surface area (Å²) < 4.78 is 0. The highest BCUT2D eigenvalue weighted by atomic mass is 16.3. The Balaban J connectivity index is 1.65. The van der Waals surface area contributed by atoms with Gasteiger partial charge in [-0.2, -0.15) is 0 Å². The van der Waals surface area contributed by atoms with Crippen molar-refractivity contribution in [3.8, 4) is 0 Å². The Morgan fingerprint density at radius 2 is 1.23 bits per heavy atom. The molecular formula is C21H22O. The van der Waals surface area contributed by atoms with Gasteiger partial charge in [0.15, 0.2) is 0 Å². The Morgan fingerprint density at radius 1 is 0.682 bits per heavy atom. The van der Waals surface area contributed by atoms with E-state index in [9.17, 15) is 5.11 Å². The summed E-state index contributed by atoms with van der Waals surface area (Å²) in [4.78, 5) is 0. The maximum Gasteiger partial charge on any atom is 0.0605 e. The number of benzene rings is 2. The van der Waals surface area contributed by atoms with Crippen LogP contribution in [0.2, 0.25) is 0 Å². The van der Waals surface area contributed by atoms with Crippen molar-refractivity contribution in [1.82, 2.24) is 0 Å². The second-order valence-electron chi connectivity index (χ2n) is 7.50. The van der Waals surface area contributed by atoms with E-state index < -0.39 is 0 Å². The van der Waals surface area contributed by atoms with Crippen LogP contribution < -0.4 is 0 Å². The van der Waals surface area contributed by atoms with E-state index in [1.807, 2.05) is 0 Å². The molecule has 0 unspecified atom stereocenters. The molecule has 1 N–H and O–H groups in total. The van der Waals surface area contributed by atoms with Gasteiger partial charge < -0.3 is 5.11 Å². The zero-order chi connectivity index (χ0) is 14.7. The zero-order valence-corrected chi connectivity index (χ0v) is 12.7. The normalized spacial score (nSPS) is 42.0. The molecule has 0 amide bonds. The third-order valence-electron chi connectivity index (χ3n) is 6.70. The topological polar surface area (TPSA) is 20.2 Å². The highest BCUT2D eigenvalue weighted by Gasteiger charge is 2.63.